The average Bonchev–Trinajstić information content (AvgIpc) is 2.63. The number of hydrogen-bond acceptors (Lipinski definition) is 6. The van der Waals surface area contributed by atoms with Gasteiger partial charge in [-0.15, -0.1) is 0 Å². The molecule has 1 aromatic heterocycles. The van der Waals surface area contributed by atoms with Crippen molar-refractivity contribution < 1.29 is 9.47 Å². The Bertz CT molecular complexity index is 846. The molecular weight excluding hydrogens is 326 g/mol. The lowest BCUT2D eigenvalue weighted by Crippen LogP contribution is -2.29. The highest BCUT2D eigenvalue weighted by atomic mass is 32.2. The summed E-state index contributed by atoms with van der Waals surface area (Å²) in [7, 11) is 4.84. The lowest BCUT2D eigenvalue weighted by Gasteiger charge is -2.19. The van der Waals surface area contributed by atoms with E-state index < -0.39 is 0 Å². The van der Waals surface area contributed by atoms with Crippen LogP contribution in [-0.4, -0.2) is 42.8 Å². The van der Waals surface area contributed by atoms with Crippen LogP contribution >= 0.6 is 11.8 Å². The van der Waals surface area contributed by atoms with Crippen molar-refractivity contribution in [1.29, 1.82) is 0 Å². The van der Waals surface area contributed by atoms with Crippen LogP contribution in [0.2, 0.25) is 0 Å². The largest absolute Gasteiger partial charge is 0.497 e. The van der Waals surface area contributed by atoms with Gasteiger partial charge in [0, 0.05) is 37.2 Å². The first-order valence-electron chi connectivity index (χ1n) is 7.61. The fraction of sp³-hybridized carbons (Fsp3) is 0.353. The van der Waals surface area contributed by atoms with Crippen molar-refractivity contribution in [2.45, 2.75) is 18.1 Å². The molecule has 126 valence electrons. The first-order valence-corrected chi connectivity index (χ1v) is 8.60. The lowest BCUT2D eigenvalue weighted by molar-refractivity contribution is 0.395. The molecule has 0 spiro atoms. The number of aromatic nitrogens is 2. The van der Waals surface area contributed by atoms with Crippen molar-refractivity contribution in [2.24, 2.45) is 4.99 Å². The van der Waals surface area contributed by atoms with Crippen molar-refractivity contribution in [1.82, 2.24) is 9.55 Å². The quantitative estimate of drug-likeness (QED) is 0.629. The molecule has 0 aliphatic carbocycles. The third kappa shape index (κ3) is 2.91. The van der Waals surface area contributed by atoms with Gasteiger partial charge >= 0.3 is 0 Å². The van der Waals surface area contributed by atoms with Gasteiger partial charge in [0.1, 0.15) is 11.5 Å². The lowest BCUT2D eigenvalue weighted by atomic mass is 10.1. The standard InChI is InChI=1S/C17H19N3O3S/c1-18-10-13-15(12-6-5-11(22-2)9-14(12)23-3)19-17-20(16(13)21)7-4-8-24-17/h5-6,9-10H,4,7-8H2,1-3H3. The minimum atomic E-state index is -0.0642. The molecule has 0 radical (unpaired) electrons. The van der Waals surface area contributed by atoms with Crippen molar-refractivity contribution in [3.05, 3.63) is 34.1 Å². The zero-order valence-corrected chi connectivity index (χ0v) is 14.7. The predicted molar refractivity (Wildman–Crippen MR) is 95.9 cm³/mol. The Morgan fingerprint density at radius 2 is 2.17 bits per heavy atom. The molecule has 2 heterocycles. The summed E-state index contributed by atoms with van der Waals surface area (Å²) in [6.45, 7) is 0.693. The van der Waals surface area contributed by atoms with E-state index in [0.717, 1.165) is 22.9 Å². The molecule has 1 aliphatic heterocycles. The van der Waals surface area contributed by atoms with Gasteiger partial charge in [-0.05, 0) is 18.6 Å². The SMILES string of the molecule is CN=Cc1c(-c2ccc(OC)cc2OC)nc2n(c1=O)CCCS2. The van der Waals surface area contributed by atoms with E-state index in [0.29, 0.717) is 29.3 Å². The highest BCUT2D eigenvalue weighted by molar-refractivity contribution is 7.99. The highest BCUT2D eigenvalue weighted by Crippen LogP contribution is 2.34. The van der Waals surface area contributed by atoms with Gasteiger partial charge in [0.15, 0.2) is 5.16 Å². The maximum atomic E-state index is 12.9. The van der Waals surface area contributed by atoms with Gasteiger partial charge in [0.25, 0.3) is 5.56 Å². The van der Waals surface area contributed by atoms with E-state index in [1.54, 1.807) is 49.9 Å². The fourth-order valence-electron chi connectivity index (χ4n) is 2.69. The Hall–Kier alpha value is -2.28. The van der Waals surface area contributed by atoms with Crippen LogP contribution in [0.15, 0.2) is 33.1 Å². The summed E-state index contributed by atoms with van der Waals surface area (Å²) in [5, 5.41) is 0.743. The average molecular weight is 345 g/mol. The fourth-order valence-corrected chi connectivity index (χ4v) is 3.63. The molecule has 3 rings (SSSR count). The Morgan fingerprint density at radius 1 is 1.33 bits per heavy atom. The molecular formula is C17H19N3O3S. The molecule has 0 bridgehead atoms. The first-order chi connectivity index (χ1) is 11.7. The van der Waals surface area contributed by atoms with E-state index in [1.165, 1.54) is 0 Å². The van der Waals surface area contributed by atoms with Gasteiger partial charge in [0.2, 0.25) is 0 Å². The molecule has 1 aliphatic rings. The van der Waals surface area contributed by atoms with Crippen LogP contribution in [0.5, 0.6) is 11.5 Å². The van der Waals surface area contributed by atoms with Crippen LogP contribution in [0.4, 0.5) is 0 Å². The van der Waals surface area contributed by atoms with Gasteiger partial charge in [0.05, 0.1) is 25.5 Å². The molecule has 0 amide bonds. The molecule has 0 N–H and O–H groups in total. The van der Waals surface area contributed by atoms with E-state index in [-0.39, 0.29) is 5.56 Å². The maximum absolute atomic E-state index is 12.9. The minimum absolute atomic E-state index is 0.0642. The monoisotopic (exact) mass is 345 g/mol. The number of fused-ring (bicyclic) bond motifs is 1. The summed E-state index contributed by atoms with van der Waals surface area (Å²) >= 11 is 1.60. The van der Waals surface area contributed by atoms with Crippen LogP contribution in [0, 0.1) is 0 Å². The Labute approximate surface area is 144 Å². The van der Waals surface area contributed by atoms with Gasteiger partial charge in [-0.1, -0.05) is 11.8 Å². The zero-order chi connectivity index (χ0) is 17.1. The van der Waals surface area contributed by atoms with Crippen LogP contribution in [0.25, 0.3) is 11.3 Å². The summed E-state index contributed by atoms with van der Waals surface area (Å²) < 4.78 is 12.4. The van der Waals surface area contributed by atoms with E-state index in [9.17, 15) is 4.79 Å². The molecule has 24 heavy (non-hydrogen) atoms. The second kappa shape index (κ2) is 7.09. The van der Waals surface area contributed by atoms with E-state index in [2.05, 4.69) is 4.99 Å². The highest BCUT2D eigenvalue weighted by Gasteiger charge is 2.21. The summed E-state index contributed by atoms with van der Waals surface area (Å²) in [5.74, 6) is 2.26. The van der Waals surface area contributed by atoms with Crippen molar-refractivity contribution in [3.63, 3.8) is 0 Å². The number of rotatable bonds is 4. The van der Waals surface area contributed by atoms with E-state index >= 15 is 0 Å². The van der Waals surface area contributed by atoms with Crippen LogP contribution in [-0.2, 0) is 6.54 Å². The first kappa shape index (κ1) is 16.6. The minimum Gasteiger partial charge on any atom is -0.497 e. The number of nitrogens with zero attached hydrogens (tertiary/aromatic N) is 3. The van der Waals surface area contributed by atoms with Gasteiger partial charge < -0.3 is 9.47 Å². The van der Waals surface area contributed by atoms with Crippen molar-refractivity contribution in [3.8, 4) is 22.8 Å². The van der Waals surface area contributed by atoms with E-state index in [1.807, 2.05) is 12.1 Å². The van der Waals surface area contributed by atoms with Crippen molar-refractivity contribution in [2.75, 3.05) is 27.0 Å². The van der Waals surface area contributed by atoms with Gasteiger partial charge in [-0.2, -0.15) is 0 Å². The third-order valence-electron chi connectivity index (χ3n) is 3.85. The molecule has 0 atom stereocenters. The molecule has 0 saturated heterocycles. The number of ether oxygens (including phenoxy) is 2. The summed E-state index contributed by atoms with van der Waals surface area (Å²) in [5.41, 5.74) is 1.75. The normalized spacial score (nSPS) is 13.8. The zero-order valence-electron chi connectivity index (χ0n) is 13.9. The summed E-state index contributed by atoms with van der Waals surface area (Å²) in [6.07, 6.45) is 2.54. The molecule has 7 heteroatoms. The molecule has 1 aromatic carbocycles. The number of hydrogen-bond donors (Lipinski definition) is 0. The van der Waals surface area contributed by atoms with Crippen LogP contribution in [0.1, 0.15) is 12.0 Å². The van der Waals surface area contributed by atoms with Gasteiger partial charge in [-0.3, -0.25) is 14.4 Å². The summed E-state index contributed by atoms with van der Waals surface area (Å²) in [4.78, 5) is 21.7. The Balaban J connectivity index is 2.27. The molecule has 0 saturated carbocycles. The second-order valence-corrected chi connectivity index (χ2v) is 6.33. The Kier molecular flexibility index (Phi) is 4.89. The maximum Gasteiger partial charge on any atom is 0.263 e. The Morgan fingerprint density at radius 3 is 2.88 bits per heavy atom. The number of thioether (sulfide) groups is 1. The third-order valence-corrected chi connectivity index (χ3v) is 4.91. The van der Waals surface area contributed by atoms with Crippen LogP contribution in [0.3, 0.4) is 0 Å². The smallest absolute Gasteiger partial charge is 0.263 e. The second-order valence-electron chi connectivity index (χ2n) is 5.27. The predicted octanol–water partition coefficient (Wildman–Crippen LogP) is 2.47. The van der Waals surface area contributed by atoms with E-state index in [4.69, 9.17) is 14.5 Å². The van der Waals surface area contributed by atoms with Crippen molar-refractivity contribution >= 4 is 18.0 Å². The summed E-state index contributed by atoms with van der Waals surface area (Å²) in [6, 6.07) is 5.47. The topological polar surface area (TPSA) is 65.7 Å². The molecule has 2 aromatic rings. The molecule has 0 unspecified atom stereocenters. The molecule has 6 nitrogen and oxygen atoms in total. The number of methoxy groups -OCH3 is 2. The number of aliphatic imine (C=N–C) groups is 1. The van der Waals surface area contributed by atoms with Crippen LogP contribution < -0.4 is 15.0 Å². The van der Waals surface area contributed by atoms with Gasteiger partial charge in [-0.25, -0.2) is 4.98 Å². The number of benzene rings is 1. The molecule has 0 fully saturated rings.